The van der Waals surface area contributed by atoms with Crippen molar-refractivity contribution in [2.45, 2.75) is 32.9 Å². The van der Waals surface area contributed by atoms with Crippen LogP contribution >= 0.6 is 0 Å². The predicted molar refractivity (Wildman–Crippen MR) is 75.3 cm³/mol. The Morgan fingerprint density at radius 2 is 2.35 bits per heavy atom. The number of hydrogen-bond donors (Lipinski definition) is 0. The maximum absolute atomic E-state index is 12.7. The number of aryl methyl sites for hydroxylation is 1. The molecular weight excluding hydrogens is 258 g/mol. The molecule has 0 amide bonds. The molecule has 6 heteroatoms. The fourth-order valence-corrected chi connectivity index (χ4v) is 2.45. The van der Waals surface area contributed by atoms with E-state index in [4.69, 9.17) is 9.47 Å². The summed E-state index contributed by atoms with van der Waals surface area (Å²) >= 11 is 0. The Kier molecular flexibility index (Phi) is 5.14. The smallest absolute Gasteiger partial charge is 0.214 e. The van der Waals surface area contributed by atoms with Crippen LogP contribution in [0.2, 0.25) is 0 Å². The number of methoxy groups -OCH3 is 1. The van der Waals surface area contributed by atoms with Crippen LogP contribution in [0.25, 0.3) is 0 Å². The monoisotopic (exact) mass is 281 g/mol. The highest BCUT2D eigenvalue weighted by molar-refractivity contribution is 6.00. The first-order chi connectivity index (χ1) is 9.71. The third-order valence-corrected chi connectivity index (χ3v) is 3.58. The highest BCUT2D eigenvalue weighted by Crippen LogP contribution is 2.22. The van der Waals surface area contributed by atoms with Crippen molar-refractivity contribution in [2.24, 2.45) is 0 Å². The van der Waals surface area contributed by atoms with E-state index >= 15 is 0 Å². The number of aromatic nitrogens is 2. The molecular formula is C14H23N3O3. The standard InChI is InChI=1S/C14H23N3O3/c1-4-6-17-13(11(19-3)9-15-17)14(18)12-10-16(5-2)7-8-20-12/h9,12H,4-8,10H2,1-3H3. The summed E-state index contributed by atoms with van der Waals surface area (Å²) in [6, 6.07) is 0. The Labute approximate surface area is 119 Å². The van der Waals surface area contributed by atoms with Crippen molar-refractivity contribution >= 4 is 5.78 Å². The summed E-state index contributed by atoms with van der Waals surface area (Å²) < 4.78 is 12.6. The van der Waals surface area contributed by atoms with E-state index in [1.807, 2.05) is 0 Å². The maximum atomic E-state index is 12.7. The molecule has 0 saturated carbocycles. The van der Waals surface area contributed by atoms with E-state index in [9.17, 15) is 4.79 Å². The average Bonchev–Trinajstić information content (AvgIpc) is 2.89. The number of rotatable bonds is 6. The molecule has 1 atom stereocenters. The largest absolute Gasteiger partial charge is 0.493 e. The molecule has 0 aliphatic carbocycles. The second kappa shape index (κ2) is 6.85. The molecule has 1 aromatic rings. The lowest BCUT2D eigenvalue weighted by Gasteiger charge is -2.31. The maximum Gasteiger partial charge on any atom is 0.214 e. The molecule has 1 saturated heterocycles. The van der Waals surface area contributed by atoms with Crippen LogP contribution < -0.4 is 4.74 Å². The summed E-state index contributed by atoms with van der Waals surface area (Å²) in [6.45, 7) is 7.89. The Hall–Kier alpha value is -1.40. The SMILES string of the molecule is CCCn1ncc(OC)c1C(=O)C1CN(CC)CCO1. The molecule has 0 aromatic carbocycles. The molecule has 1 fully saturated rings. The van der Waals surface area contributed by atoms with Gasteiger partial charge < -0.3 is 9.47 Å². The lowest BCUT2D eigenvalue weighted by atomic mass is 10.1. The number of ketones is 1. The van der Waals surface area contributed by atoms with Gasteiger partial charge in [0.05, 0.1) is 19.9 Å². The Morgan fingerprint density at radius 1 is 1.55 bits per heavy atom. The molecule has 0 spiro atoms. The minimum Gasteiger partial charge on any atom is -0.493 e. The van der Waals surface area contributed by atoms with Gasteiger partial charge in [0.2, 0.25) is 5.78 Å². The van der Waals surface area contributed by atoms with Crippen LogP contribution in [-0.4, -0.2) is 59.9 Å². The average molecular weight is 281 g/mol. The highest BCUT2D eigenvalue weighted by atomic mass is 16.5. The number of Topliss-reactive ketones (excluding diaryl/α,β-unsaturated/α-hetero) is 1. The molecule has 2 rings (SSSR count). The van der Waals surface area contributed by atoms with Gasteiger partial charge in [-0.15, -0.1) is 0 Å². The number of likely N-dealkylation sites (N-methyl/N-ethyl adjacent to an activating group) is 1. The lowest BCUT2D eigenvalue weighted by molar-refractivity contribution is -0.0155. The summed E-state index contributed by atoms with van der Waals surface area (Å²) in [5.41, 5.74) is 0.525. The topological polar surface area (TPSA) is 56.6 Å². The zero-order valence-electron chi connectivity index (χ0n) is 12.5. The van der Waals surface area contributed by atoms with Crippen molar-refractivity contribution in [3.05, 3.63) is 11.9 Å². The van der Waals surface area contributed by atoms with Gasteiger partial charge in [-0.3, -0.25) is 14.4 Å². The van der Waals surface area contributed by atoms with Gasteiger partial charge in [-0.25, -0.2) is 0 Å². The van der Waals surface area contributed by atoms with Crippen molar-refractivity contribution in [3.8, 4) is 5.75 Å². The molecule has 1 aliphatic rings. The van der Waals surface area contributed by atoms with Crippen molar-refractivity contribution in [2.75, 3.05) is 33.4 Å². The number of nitrogens with zero attached hydrogens (tertiary/aromatic N) is 3. The van der Waals surface area contributed by atoms with Gasteiger partial charge in [0.15, 0.2) is 5.75 Å². The van der Waals surface area contributed by atoms with E-state index in [0.717, 1.165) is 19.5 Å². The Morgan fingerprint density at radius 3 is 3.00 bits per heavy atom. The van der Waals surface area contributed by atoms with Crippen LogP contribution in [0.15, 0.2) is 6.20 Å². The van der Waals surface area contributed by atoms with E-state index in [-0.39, 0.29) is 5.78 Å². The number of carbonyl (C=O) groups is 1. The molecule has 1 unspecified atom stereocenters. The zero-order chi connectivity index (χ0) is 14.5. The van der Waals surface area contributed by atoms with E-state index in [0.29, 0.717) is 31.1 Å². The normalized spacial score (nSPS) is 20.1. The van der Waals surface area contributed by atoms with Crippen LogP contribution in [0.3, 0.4) is 0 Å². The molecule has 0 bridgehead atoms. The lowest BCUT2D eigenvalue weighted by Crippen LogP contribution is -2.46. The number of ether oxygens (including phenoxy) is 2. The van der Waals surface area contributed by atoms with Crippen molar-refractivity contribution < 1.29 is 14.3 Å². The predicted octanol–water partition coefficient (Wildman–Crippen LogP) is 1.21. The second-order valence-corrected chi connectivity index (χ2v) is 4.90. The summed E-state index contributed by atoms with van der Waals surface area (Å²) in [7, 11) is 1.56. The molecule has 0 radical (unpaired) electrons. The quantitative estimate of drug-likeness (QED) is 0.734. The van der Waals surface area contributed by atoms with Gasteiger partial charge in [0.1, 0.15) is 11.8 Å². The van der Waals surface area contributed by atoms with Gasteiger partial charge in [-0.2, -0.15) is 5.10 Å². The second-order valence-electron chi connectivity index (χ2n) is 4.90. The van der Waals surface area contributed by atoms with E-state index < -0.39 is 6.10 Å². The van der Waals surface area contributed by atoms with Crippen LogP contribution in [0, 0.1) is 0 Å². The van der Waals surface area contributed by atoms with E-state index in [1.165, 1.54) is 0 Å². The minimum atomic E-state index is -0.426. The van der Waals surface area contributed by atoms with Gasteiger partial charge in [0.25, 0.3) is 0 Å². The molecule has 1 aromatic heterocycles. The van der Waals surface area contributed by atoms with Gasteiger partial charge in [-0.1, -0.05) is 13.8 Å². The molecule has 1 aliphatic heterocycles. The first-order valence-corrected chi connectivity index (χ1v) is 7.19. The minimum absolute atomic E-state index is 0.0362. The van der Waals surface area contributed by atoms with Gasteiger partial charge in [-0.05, 0) is 13.0 Å². The van der Waals surface area contributed by atoms with Crippen LogP contribution in [0.5, 0.6) is 5.75 Å². The molecule has 0 N–H and O–H groups in total. The summed E-state index contributed by atoms with van der Waals surface area (Å²) in [5, 5.41) is 4.23. The molecule has 112 valence electrons. The third-order valence-electron chi connectivity index (χ3n) is 3.58. The molecule has 6 nitrogen and oxygen atoms in total. The number of morpholine rings is 1. The van der Waals surface area contributed by atoms with Gasteiger partial charge >= 0.3 is 0 Å². The number of carbonyl (C=O) groups excluding carboxylic acids is 1. The van der Waals surface area contributed by atoms with Crippen molar-refractivity contribution in [1.82, 2.24) is 14.7 Å². The van der Waals surface area contributed by atoms with Crippen LogP contribution in [0.1, 0.15) is 30.8 Å². The molecule has 2 heterocycles. The third kappa shape index (κ3) is 3.02. The first-order valence-electron chi connectivity index (χ1n) is 7.19. The highest BCUT2D eigenvalue weighted by Gasteiger charge is 2.31. The fraction of sp³-hybridized carbons (Fsp3) is 0.714. The summed E-state index contributed by atoms with van der Waals surface area (Å²) in [6.07, 6.45) is 2.09. The Bertz CT molecular complexity index is 459. The van der Waals surface area contributed by atoms with E-state index in [1.54, 1.807) is 18.0 Å². The van der Waals surface area contributed by atoms with Crippen LogP contribution in [0.4, 0.5) is 0 Å². The van der Waals surface area contributed by atoms with Crippen LogP contribution in [-0.2, 0) is 11.3 Å². The Balaban J connectivity index is 2.21. The van der Waals surface area contributed by atoms with Crippen molar-refractivity contribution in [1.29, 1.82) is 0 Å². The zero-order valence-corrected chi connectivity index (χ0v) is 12.5. The first kappa shape index (κ1) is 15.0. The summed E-state index contributed by atoms with van der Waals surface area (Å²) in [4.78, 5) is 14.9. The van der Waals surface area contributed by atoms with E-state index in [2.05, 4.69) is 23.8 Å². The fourth-order valence-electron chi connectivity index (χ4n) is 2.45. The number of hydrogen-bond acceptors (Lipinski definition) is 5. The summed E-state index contributed by atoms with van der Waals surface area (Å²) in [5.74, 6) is 0.492. The van der Waals surface area contributed by atoms with Crippen molar-refractivity contribution in [3.63, 3.8) is 0 Å². The molecule has 20 heavy (non-hydrogen) atoms. The van der Waals surface area contributed by atoms with Gasteiger partial charge in [0, 0.05) is 19.6 Å².